The van der Waals surface area contributed by atoms with E-state index >= 15 is 0 Å². The molecule has 0 aromatic carbocycles. The van der Waals surface area contributed by atoms with Gasteiger partial charge in [-0.05, 0) is 46.0 Å². The van der Waals surface area contributed by atoms with Gasteiger partial charge in [-0.1, -0.05) is 6.92 Å². The summed E-state index contributed by atoms with van der Waals surface area (Å²) in [6.07, 6.45) is 3.52. The molecule has 0 radical (unpaired) electrons. The highest BCUT2D eigenvalue weighted by atomic mass is 16.2. The lowest BCUT2D eigenvalue weighted by molar-refractivity contribution is 0.190. The van der Waals surface area contributed by atoms with Crippen LogP contribution in [0.5, 0.6) is 0 Å². The van der Waals surface area contributed by atoms with Crippen molar-refractivity contribution < 1.29 is 4.79 Å². The van der Waals surface area contributed by atoms with Gasteiger partial charge in [0.1, 0.15) is 0 Å². The number of likely N-dealkylation sites (tertiary alicyclic amines) is 1. The highest BCUT2D eigenvalue weighted by molar-refractivity contribution is 5.74. The summed E-state index contributed by atoms with van der Waals surface area (Å²) in [6.45, 7) is 10.1. The van der Waals surface area contributed by atoms with Gasteiger partial charge in [-0.3, -0.25) is 0 Å². The third kappa shape index (κ3) is 4.54. The van der Waals surface area contributed by atoms with Crippen LogP contribution in [0.15, 0.2) is 0 Å². The third-order valence-electron chi connectivity index (χ3n) is 2.79. The summed E-state index contributed by atoms with van der Waals surface area (Å²) in [4.78, 5) is 13.8. The maximum Gasteiger partial charge on any atom is 0.317 e. The van der Waals surface area contributed by atoms with E-state index in [2.05, 4.69) is 12.2 Å². The number of rotatable bonds is 0. The number of hydrogen-bond acceptors (Lipinski definition) is 1. The molecule has 0 spiro atoms. The molecule has 1 atom stereocenters. The summed E-state index contributed by atoms with van der Waals surface area (Å²) in [5.74, 6) is 0.762. The van der Waals surface area contributed by atoms with Crippen LogP contribution < -0.4 is 5.32 Å². The molecule has 1 fully saturated rings. The molecule has 2 amide bonds. The zero-order valence-electron chi connectivity index (χ0n) is 10.5. The lowest BCUT2D eigenvalue weighted by Gasteiger charge is -2.27. The Morgan fingerprint density at radius 2 is 1.93 bits per heavy atom. The van der Waals surface area contributed by atoms with Crippen LogP contribution >= 0.6 is 0 Å². The van der Waals surface area contributed by atoms with Crippen LogP contribution in [0, 0.1) is 5.92 Å². The number of hydrogen-bond donors (Lipinski definition) is 1. The van der Waals surface area contributed by atoms with E-state index in [0.717, 1.165) is 31.8 Å². The van der Waals surface area contributed by atoms with E-state index < -0.39 is 0 Å². The second-order valence-corrected chi connectivity index (χ2v) is 5.70. The molecule has 0 aromatic rings. The van der Waals surface area contributed by atoms with E-state index in [4.69, 9.17) is 0 Å². The average Bonchev–Trinajstić information content (AvgIpc) is 2.26. The summed E-state index contributed by atoms with van der Waals surface area (Å²) in [5.41, 5.74) is -0.130. The smallest absolute Gasteiger partial charge is 0.317 e. The molecule has 1 unspecified atom stereocenters. The molecule has 1 N–H and O–H groups in total. The average molecular weight is 212 g/mol. The molecule has 3 heteroatoms. The zero-order chi connectivity index (χ0) is 11.5. The van der Waals surface area contributed by atoms with Crippen LogP contribution in [-0.2, 0) is 0 Å². The monoisotopic (exact) mass is 212 g/mol. The molecule has 15 heavy (non-hydrogen) atoms. The van der Waals surface area contributed by atoms with Gasteiger partial charge in [0.2, 0.25) is 0 Å². The Hall–Kier alpha value is -0.730. The number of nitrogens with zero attached hydrogens (tertiary/aromatic N) is 1. The van der Waals surface area contributed by atoms with Crippen molar-refractivity contribution in [3.8, 4) is 0 Å². The quantitative estimate of drug-likeness (QED) is 0.657. The Balaban J connectivity index is 2.45. The number of urea groups is 1. The molecule has 0 aliphatic carbocycles. The van der Waals surface area contributed by atoms with Crippen LogP contribution in [0.25, 0.3) is 0 Å². The van der Waals surface area contributed by atoms with Crippen molar-refractivity contribution in [1.82, 2.24) is 10.2 Å². The maximum absolute atomic E-state index is 11.9. The van der Waals surface area contributed by atoms with Crippen molar-refractivity contribution in [2.45, 2.75) is 52.5 Å². The number of amides is 2. The van der Waals surface area contributed by atoms with Crippen molar-refractivity contribution in [3.63, 3.8) is 0 Å². The van der Waals surface area contributed by atoms with Crippen LogP contribution in [0.2, 0.25) is 0 Å². The SMILES string of the molecule is CC1CCCN(C(=O)NC(C)(C)C)CC1. The number of carbonyl (C=O) groups excluding carboxylic acids is 1. The number of carbonyl (C=O) groups is 1. The van der Waals surface area contributed by atoms with E-state index in [1.807, 2.05) is 25.7 Å². The lowest BCUT2D eigenvalue weighted by Crippen LogP contribution is -2.48. The van der Waals surface area contributed by atoms with Gasteiger partial charge in [-0.15, -0.1) is 0 Å². The molecule has 0 saturated carbocycles. The molecule has 1 rings (SSSR count). The van der Waals surface area contributed by atoms with Crippen molar-refractivity contribution >= 4 is 6.03 Å². The zero-order valence-corrected chi connectivity index (χ0v) is 10.5. The Morgan fingerprint density at radius 3 is 2.53 bits per heavy atom. The molecular weight excluding hydrogens is 188 g/mol. The summed E-state index contributed by atoms with van der Waals surface area (Å²) in [6, 6.07) is 0.0941. The Labute approximate surface area is 93.2 Å². The second kappa shape index (κ2) is 4.86. The molecule has 1 saturated heterocycles. The Morgan fingerprint density at radius 1 is 1.27 bits per heavy atom. The van der Waals surface area contributed by atoms with E-state index in [0.29, 0.717) is 0 Å². The highest BCUT2D eigenvalue weighted by Crippen LogP contribution is 2.16. The predicted octanol–water partition coefficient (Wildman–Crippen LogP) is 2.62. The summed E-state index contributed by atoms with van der Waals surface area (Å²) in [5, 5.41) is 3.02. The van der Waals surface area contributed by atoms with Crippen molar-refractivity contribution in [1.29, 1.82) is 0 Å². The van der Waals surface area contributed by atoms with Crippen molar-refractivity contribution in [3.05, 3.63) is 0 Å². The third-order valence-corrected chi connectivity index (χ3v) is 2.79. The van der Waals surface area contributed by atoms with Crippen LogP contribution in [0.4, 0.5) is 4.79 Å². The molecule has 0 bridgehead atoms. The van der Waals surface area contributed by atoms with Crippen LogP contribution in [0.1, 0.15) is 47.0 Å². The summed E-state index contributed by atoms with van der Waals surface area (Å²) in [7, 11) is 0. The minimum Gasteiger partial charge on any atom is -0.333 e. The Kier molecular flexibility index (Phi) is 4.00. The Bertz CT molecular complexity index is 220. The van der Waals surface area contributed by atoms with E-state index in [9.17, 15) is 4.79 Å². The van der Waals surface area contributed by atoms with Gasteiger partial charge in [0, 0.05) is 18.6 Å². The first-order valence-corrected chi connectivity index (χ1v) is 5.95. The van der Waals surface area contributed by atoms with Crippen molar-refractivity contribution in [2.75, 3.05) is 13.1 Å². The normalized spacial score (nSPS) is 23.5. The van der Waals surface area contributed by atoms with E-state index in [1.165, 1.54) is 6.42 Å². The summed E-state index contributed by atoms with van der Waals surface area (Å²) < 4.78 is 0. The first-order valence-electron chi connectivity index (χ1n) is 5.95. The fourth-order valence-electron chi connectivity index (χ4n) is 1.87. The van der Waals surface area contributed by atoms with E-state index in [-0.39, 0.29) is 11.6 Å². The lowest BCUT2D eigenvalue weighted by atomic mass is 10.0. The molecule has 3 nitrogen and oxygen atoms in total. The predicted molar refractivity (Wildman–Crippen MR) is 62.9 cm³/mol. The van der Waals surface area contributed by atoms with Crippen LogP contribution in [0.3, 0.4) is 0 Å². The van der Waals surface area contributed by atoms with Gasteiger partial charge in [-0.25, -0.2) is 4.79 Å². The largest absolute Gasteiger partial charge is 0.333 e. The van der Waals surface area contributed by atoms with Crippen LogP contribution in [-0.4, -0.2) is 29.6 Å². The topological polar surface area (TPSA) is 32.3 Å². The molecular formula is C12H24N2O. The fraction of sp³-hybridized carbons (Fsp3) is 0.917. The van der Waals surface area contributed by atoms with Gasteiger partial charge in [0.05, 0.1) is 0 Å². The van der Waals surface area contributed by atoms with E-state index in [1.54, 1.807) is 0 Å². The summed E-state index contributed by atoms with van der Waals surface area (Å²) >= 11 is 0. The van der Waals surface area contributed by atoms with Gasteiger partial charge in [-0.2, -0.15) is 0 Å². The van der Waals surface area contributed by atoms with Gasteiger partial charge in [0.15, 0.2) is 0 Å². The standard InChI is InChI=1S/C12H24N2O/c1-10-6-5-8-14(9-7-10)11(15)13-12(2,3)4/h10H,5-9H2,1-4H3,(H,13,15). The molecule has 1 aliphatic rings. The minimum absolute atomic E-state index is 0.0941. The van der Waals surface area contributed by atoms with Gasteiger partial charge >= 0.3 is 6.03 Å². The molecule has 88 valence electrons. The molecule has 1 heterocycles. The highest BCUT2D eigenvalue weighted by Gasteiger charge is 2.21. The minimum atomic E-state index is -0.130. The second-order valence-electron chi connectivity index (χ2n) is 5.70. The number of nitrogens with one attached hydrogen (secondary N) is 1. The molecule has 1 aliphatic heterocycles. The van der Waals surface area contributed by atoms with Gasteiger partial charge < -0.3 is 10.2 Å². The fourth-order valence-corrected chi connectivity index (χ4v) is 1.87. The molecule has 0 aromatic heterocycles. The first-order chi connectivity index (χ1) is 6.88. The van der Waals surface area contributed by atoms with Gasteiger partial charge in [0.25, 0.3) is 0 Å². The van der Waals surface area contributed by atoms with Crippen molar-refractivity contribution in [2.24, 2.45) is 5.92 Å². The first kappa shape index (κ1) is 12.3. The maximum atomic E-state index is 11.9.